The molecule has 0 bridgehead atoms. The molecule has 4 rings (SSSR count). The minimum absolute atomic E-state index is 0.0151. The number of amides is 2. The van der Waals surface area contributed by atoms with Crippen LogP contribution >= 0.6 is 0 Å². The van der Waals surface area contributed by atoms with Crippen LogP contribution in [0.1, 0.15) is 47.2 Å². The number of anilines is 1. The number of benzene rings is 1. The second-order valence-electron chi connectivity index (χ2n) is 7.97. The first-order valence-electron chi connectivity index (χ1n) is 9.48. The van der Waals surface area contributed by atoms with E-state index in [-0.39, 0.29) is 11.8 Å². The number of fused-ring (bicyclic) bond motifs is 1. The highest BCUT2D eigenvalue weighted by molar-refractivity contribution is 6.00. The summed E-state index contributed by atoms with van der Waals surface area (Å²) in [4.78, 5) is 37.7. The van der Waals surface area contributed by atoms with E-state index in [2.05, 4.69) is 6.92 Å². The number of aryl methyl sites for hydroxylation is 1. The number of hydrogen-bond acceptors (Lipinski definition) is 4. The van der Waals surface area contributed by atoms with Crippen molar-refractivity contribution in [1.82, 2.24) is 14.9 Å². The number of likely N-dealkylation sites (N-methyl/N-ethyl adjacent to an activating group) is 1. The van der Waals surface area contributed by atoms with E-state index < -0.39 is 11.2 Å². The molecular formula is C21H23FN4O2. The van der Waals surface area contributed by atoms with Crippen LogP contribution in [0.15, 0.2) is 24.3 Å². The summed E-state index contributed by atoms with van der Waals surface area (Å²) >= 11 is 0. The molecule has 0 radical (unpaired) electrons. The third-order valence-electron chi connectivity index (χ3n) is 5.81. The van der Waals surface area contributed by atoms with Crippen LogP contribution in [0, 0.1) is 12.7 Å². The number of hydrogen-bond donors (Lipinski definition) is 0. The van der Waals surface area contributed by atoms with Crippen LogP contribution in [0.25, 0.3) is 0 Å². The minimum atomic E-state index is -0.423. The van der Waals surface area contributed by atoms with E-state index in [1.54, 1.807) is 29.0 Å². The first-order chi connectivity index (χ1) is 13.3. The van der Waals surface area contributed by atoms with Gasteiger partial charge in [-0.15, -0.1) is 0 Å². The number of piperidine rings is 1. The summed E-state index contributed by atoms with van der Waals surface area (Å²) in [5, 5.41) is 0. The Morgan fingerprint density at radius 3 is 2.82 bits per heavy atom. The summed E-state index contributed by atoms with van der Waals surface area (Å²) in [6, 6.07) is 5.78. The monoisotopic (exact) mass is 382 g/mol. The number of likely N-dealkylation sites (tertiary alicyclic amines) is 1. The van der Waals surface area contributed by atoms with Gasteiger partial charge in [-0.3, -0.25) is 14.5 Å². The summed E-state index contributed by atoms with van der Waals surface area (Å²) < 4.78 is 13.5. The van der Waals surface area contributed by atoms with Crippen molar-refractivity contribution in [2.24, 2.45) is 0 Å². The van der Waals surface area contributed by atoms with Gasteiger partial charge in [0.15, 0.2) is 0 Å². The van der Waals surface area contributed by atoms with E-state index in [4.69, 9.17) is 9.97 Å². The van der Waals surface area contributed by atoms with Crippen molar-refractivity contribution in [2.75, 3.05) is 25.0 Å². The Morgan fingerprint density at radius 2 is 2.07 bits per heavy atom. The highest BCUT2D eigenvalue weighted by Gasteiger charge is 2.39. The van der Waals surface area contributed by atoms with E-state index in [1.165, 1.54) is 12.1 Å². The van der Waals surface area contributed by atoms with Crippen molar-refractivity contribution < 1.29 is 14.0 Å². The Bertz CT molecular complexity index is 977. The van der Waals surface area contributed by atoms with Crippen LogP contribution in [0.3, 0.4) is 0 Å². The molecule has 2 aliphatic rings. The van der Waals surface area contributed by atoms with Crippen molar-refractivity contribution in [1.29, 1.82) is 0 Å². The van der Waals surface area contributed by atoms with Gasteiger partial charge < -0.3 is 4.90 Å². The van der Waals surface area contributed by atoms with Crippen LogP contribution in [0.4, 0.5) is 10.2 Å². The lowest BCUT2D eigenvalue weighted by molar-refractivity contribution is -0.117. The van der Waals surface area contributed by atoms with Gasteiger partial charge in [0.25, 0.3) is 5.91 Å². The van der Waals surface area contributed by atoms with Crippen LogP contribution in [0.2, 0.25) is 0 Å². The molecule has 1 atom stereocenters. The molecule has 1 aromatic heterocycles. The predicted octanol–water partition coefficient (Wildman–Crippen LogP) is 2.64. The molecule has 6 nitrogen and oxygen atoms in total. The average Bonchev–Trinajstić information content (AvgIpc) is 2.96. The van der Waals surface area contributed by atoms with E-state index in [0.717, 1.165) is 24.1 Å². The molecule has 146 valence electrons. The summed E-state index contributed by atoms with van der Waals surface area (Å²) in [6.07, 6.45) is 1.99. The number of nitrogens with zero attached hydrogens (tertiary/aromatic N) is 4. The zero-order valence-electron chi connectivity index (χ0n) is 16.3. The minimum Gasteiger partial charge on any atom is -0.338 e. The molecule has 3 heterocycles. The van der Waals surface area contributed by atoms with Crippen LogP contribution in [-0.4, -0.2) is 46.8 Å². The normalized spacial score (nSPS) is 21.8. The van der Waals surface area contributed by atoms with Gasteiger partial charge in [-0.05, 0) is 38.0 Å². The highest BCUT2D eigenvalue weighted by Crippen LogP contribution is 2.36. The third kappa shape index (κ3) is 3.04. The van der Waals surface area contributed by atoms with Gasteiger partial charge in [0.1, 0.15) is 17.5 Å². The third-order valence-corrected chi connectivity index (χ3v) is 5.81. The first kappa shape index (κ1) is 18.5. The Labute approximate surface area is 163 Å². The number of carbonyl (C=O) groups excluding carboxylic acids is 2. The predicted molar refractivity (Wildman–Crippen MR) is 103 cm³/mol. The zero-order valence-corrected chi connectivity index (χ0v) is 16.3. The smallest absolute Gasteiger partial charge is 0.253 e. The largest absolute Gasteiger partial charge is 0.338 e. The van der Waals surface area contributed by atoms with E-state index in [1.807, 2.05) is 6.92 Å². The van der Waals surface area contributed by atoms with Crippen LogP contribution in [0.5, 0.6) is 0 Å². The molecule has 2 aromatic rings. The van der Waals surface area contributed by atoms with Crippen molar-refractivity contribution in [3.8, 4) is 0 Å². The summed E-state index contributed by atoms with van der Waals surface area (Å²) in [7, 11) is 1.73. The molecule has 2 aliphatic heterocycles. The van der Waals surface area contributed by atoms with Gasteiger partial charge in [0.2, 0.25) is 5.91 Å². The lowest BCUT2D eigenvalue weighted by Gasteiger charge is -2.39. The Kier molecular flexibility index (Phi) is 4.40. The number of aromatic nitrogens is 2. The van der Waals surface area contributed by atoms with Crippen LogP contribution < -0.4 is 4.90 Å². The second-order valence-corrected chi connectivity index (χ2v) is 7.97. The topological polar surface area (TPSA) is 66.4 Å². The summed E-state index contributed by atoms with van der Waals surface area (Å²) in [5.41, 5.74) is 1.62. The van der Waals surface area contributed by atoms with Crippen molar-refractivity contribution in [2.45, 2.75) is 38.5 Å². The molecule has 0 N–H and O–H groups in total. The molecule has 7 heteroatoms. The molecular weight excluding hydrogens is 359 g/mol. The highest BCUT2D eigenvalue weighted by atomic mass is 19.1. The Morgan fingerprint density at radius 1 is 1.29 bits per heavy atom. The Hall–Kier alpha value is -2.83. The van der Waals surface area contributed by atoms with Gasteiger partial charge in [-0.25, -0.2) is 14.4 Å². The molecule has 0 unspecified atom stereocenters. The molecule has 1 fully saturated rings. The van der Waals surface area contributed by atoms with Gasteiger partial charge in [0, 0.05) is 42.4 Å². The fourth-order valence-electron chi connectivity index (χ4n) is 4.12. The van der Waals surface area contributed by atoms with E-state index in [0.29, 0.717) is 36.7 Å². The molecule has 2 amide bonds. The van der Waals surface area contributed by atoms with Crippen molar-refractivity contribution in [3.05, 3.63) is 52.7 Å². The summed E-state index contributed by atoms with van der Waals surface area (Å²) in [5.74, 6) is 0.733. The first-order valence-corrected chi connectivity index (χ1v) is 9.48. The molecule has 0 spiro atoms. The molecule has 28 heavy (non-hydrogen) atoms. The zero-order chi connectivity index (χ0) is 20.1. The van der Waals surface area contributed by atoms with E-state index in [9.17, 15) is 14.0 Å². The molecule has 0 saturated carbocycles. The van der Waals surface area contributed by atoms with Gasteiger partial charge in [-0.2, -0.15) is 0 Å². The number of carbonyl (C=O) groups is 2. The van der Waals surface area contributed by atoms with Gasteiger partial charge in [0.05, 0.1) is 6.42 Å². The second kappa shape index (κ2) is 6.65. The molecule has 1 aromatic carbocycles. The fraction of sp³-hybridized carbons (Fsp3) is 0.429. The fourth-order valence-corrected chi connectivity index (χ4v) is 4.12. The Balaban J connectivity index is 1.64. The average molecular weight is 382 g/mol. The maximum atomic E-state index is 13.5. The van der Waals surface area contributed by atoms with Gasteiger partial charge >= 0.3 is 0 Å². The number of rotatable bonds is 2. The lowest BCUT2D eigenvalue weighted by Crippen LogP contribution is -2.48. The van der Waals surface area contributed by atoms with Crippen LogP contribution in [-0.2, 0) is 16.6 Å². The summed E-state index contributed by atoms with van der Waals surface area (Å²) in [6.45, 7) is 5.03. The quantitative estimate of drug-likeness (QED) is 0.801. The standard InChI is InChI=1S/C21H23FN4O2/c1-13-16-11-17(27)25(3)18(16)24-20(23-13)21(2)8-5-9-26(12-21)19(28)14-6-4-7-15(22)10-14/h4,6-7,10H,5,8-9,11-12H2,1-3H3/t21-/m0/s1. The SMILES string of the molecule is Cc1nc([C@@]2(C)CCCN(C(=O)c3cccc(F)c3)C2)nc2c1CC(=O)N2C. The number of halogens is 1. The van der Waals surface area contributed by atoms with Crippen molar-refractivity contribution >= 4 is 17.6 Å². The lowest BCUT2D eigenvalue weighted by atomic mass is 9.80. The van der Waals surface area contributed by atoms with E-state index >= 15 is 0 Å². The molecule has 0 aliphatic carbocycles. The molecule has 1 saturated heterocycles. The maximum absolute atomic E-state index is 13.5. The van der Waals surface area contributed by atoms with Crippen molar-refractivity contribution in [3.63, 3.8) is 0 Å². The maximum Gasteiger partial charge on any atom is 0.253 e. The van der Waals surface area contributed by atoms with Gasteiger partial charge in [-0.1, -0.05) is 13.0 Å².